The molecule has 0 bridgehead atoms. The lowest BCUT2D eigenvalue weighted by atomic mass is 10.0. The van der Waals surface area contributed by atoms with Crippen molar-refractivity contribution in [3.8, 4) is 17.1 Å². The molecule has 0 atom stereocenters. The van der Waals surface area contributed by atoms with E-state index < -0.39 is 0 Å². The lowest BCUT2D eigenvalue weighted by Gasteiger charge is -2.06. The maximum absolute atomic E-state index is 10.4. The summed E-state index contributed by atoms with van der Waals surface area (Å²) in [7, 11) is 1.84. The second-order valence-electron chi connectivity index (χ2n) is 5.41. The van der Waals surface area contributed by atoms with Crippen molar-refractivity contribution in [3.05, 3.63) is 52.8 Å². The third kappa shape index (κ3) is 4.13. The number of halogens is 1. The molecular weight excluding hydrogens is 342 g/mol. The Labute approximate surface area is 149 Å². The Hall–Kier alpha value is -2.93. The molecule has 7 nitrogen and oxygen atoms in total. The number of ether oxygens (including phenoxy) is 1. The van der Waals surface area contributed by atoms with E-state index in [1.54, 1.807) is 10.7 Å². The first-order chi connectivity index (χ1) is 12.0. The average molecular weight is 358 g/mol. The molecule has 2 aromatic heterocycles. The van der Waals surface area contributed by atoms with Crippen molar-refractivity contribution < 1.29 is 9.53 Å². The molecule has 0 saturated heterocycles. The maximum Gasteiger partial charge on any atom is 0.222 e. The van der Waals surface area contributed by atoms with Crippen molar-refractivity contribution in [1.82, 2.24) is 19.7 Å². The van der Waals surface area contributed by atoms with E-state index in [1.165, 1.54) is 0 Å². The Balaban J connectivity index is 1.92. The zero-order valence-corrected chi connectivity index (χ0v) is 14.3. The van der Waals surface area contributed by atoms with E-state index in [9.17, 15) is 4.79 Å². The van der Waals surface area contributed by atoms with Crippen LogP contribution in [-0.2, 0) is 18.3 Å². The third-order valence-electron chi connectivity index (χ3n) is 3.47. The Morgan fingerprint density at radius 2 is 2.16 bits per heavy atom. The molecule has 0 fully saturated rings. The highest BCUT2D eigenvalue weighted by molar-refractivity contribution is 6.29. The van der Waals surface area contributed by atoms with Crippen molar-refractivity contribution in [2.75, 3.05) is 12.3 Å². The van der Waals surface area contributed by atoms with Gasteiger partial charge in [0.25, 0.3) is 0 Å². The molecule has 2 N–H and O–H groups in total. The van der Waals surface area contributed by atoms with Gasteiger partial charge in [-0.05, 0) is 17.7 Å². The highest BCUT2D eigenvalue weighted by atomic mass is 35.5. The quantitative estimate of drug-likeness (QED) is 0.537. The standard InChI is InChI=1S/C17H16ClN5O2/c1-23-10-12(7-11-3-2-4-13(8-11)25-6-5-24)16(22-23)14-9-15(18)21-17(19)20-14/h2-5,8-10H,6-7H2,1H3,(H2,19,20,21). The molecule has 0 unspecified atom stereocenters. The molecule has 3 rings (SSSR count). The van der Waals surface area contributed by atoms with Gasteiger partial charge in [-0.2, -0.15) is 5.10 Å². The van der Waals surface area contributed by atoms with Crippen LogP contribution < -0.4 is 10.5 Å². The van der Waals surface area contributed by atoms with Gasteiger partial charge in [-0.15, -0.1) is 0 Å². The number of carbonyl (C=O) groups is 1. The first-order valence-electron chi connectivity index (χ1n) is 7.53. The van der Waals surface area contributed by atoms with Gasteiger partial charge in [0, 0.05) is 31.3 Å². The molecule has 0 saturated carbocycles. The topological polar surface area (TPSA) is 95.9 Å². The van der Waals surface area contributed by atoms with E-state index in [0.717, 1.165) is 17.4 Å². The highest BCUT2D eigenvalue weighted by Crippen LogP contribution is 2.26. The predicted octanol–water partition coefficient (Wildman–Crippen LogP) is 2.28. The first kappa shape index (κ1) is 16.9. The van der Waals surface area contributed by atoms with Crippen LogP contribution >= 0.6 is 11.6 Å². The maximum atomic E-state index is 10.4. The molecule has 0 amide bonds. The zero-order chi connectivity index (χ0) is 17.8. The fourth-order valence-corrected chi connectivity index (χ4v) is 2.72. The molecule has 8 heteroatoms. The number of aromatic nitrogens is 4. The average Bonchev–Trinajstić information content (AvgIpc) is 2.93. The molecule has 25 heavy (non-hydrogen) atoms. The van der Waals surface area contributed by atoms with Crippen molar-refractivity contribution in [2.45, 2.75) is 6.42 Å². The summed E-state index contributed by atoms with van der Waals surface area (Å²) >= 11 is 5.98. The number of nitrogens with two attached hydrogens (primary N) is 1. The molecule has 0 aliphatic carbocycles. The number of carbonyl (C=O) groups excluding carboxylic acids is 1. The van der Waals surface area contributed by atoms with Crippen LogP contribution in [0.1, 0.15) is 11.1 Å². The van der Waals surface area contributed by atoms with E-state index in [-0.39, 0.29) is 17.7 Å². The monoisotopic (exact) mass is 357 g/mol. The fraction of sp³-hybridized carbons (Fsp3) is 0.176. The smallest absolute Gasteiger partial charge is 0.222 e. The van der Waals surface area contributed by atoms with Crippen LogP contribution in [0.2, 0.25) is 5.15 Å². The summed E-state index contributed by atoms with van der Waals surface area (Å²) in [5.41, 5.74) is 8.93. The summed E-state index contributed by atoms with van der Waals surface area (Å²) < 4.78 is 7.05. The van der Waals surface area contributed by atoms with Gasteiger partial charge in [0.1, 0.15) is 23.2 Å². The second kappa shape index (κ2) is 7.31. The normalized spacial score (nSPS) is 10.6. The Bertz CT molecular complexity index is 890. The predicted molar refractivity (Wildman–Crippen MR) is 94.5 cm³/mol. The highest BCUT2D eigenvalue weighted by Gasteiger charge is 2.14. The van der Waals surface area contributed by atoms with Crippen LogP contribution in [-0.4, -0.2) is 32.6 Å². The molecule has 0 aliphatic heterocycles. The van der Waals surface area contributed by atoms with Crippen LogP contribution in [0.15, 0.2) is 36.5 Å². The van der Waals surface area contributed by atoms with E-state index >= 15 is 0 Å². The largest absolute Gasteiger partial charge is 0.486 e. The van der Waals surface area contributed by atoms with Crippen LogP contribution in [0.4, 0.5) is 5.95 Å². The van der Waals surface area contributed by atoms with Gasteiger partial charge in [0.05, 0.1) is 5.69 Å². The van der Waals surface area contributed by atoms with Crippen molar-refractivity contribution in [3.63, 3.8) is 0 Å². The van der Waals surface area contributed by atoms with Gasteiger partial charge < -0.3 is 10.5 Å². The van der Waals surface area contributed by atoms with Gasteiger partial charge in [0.2, 0.25) is 5.95 Å². The number of anilines is 1. The number of aryl methyl sites for hydroxylation is 1. The molecule has 2 heterocycles. The van der Waals surface area contributed by atoms with Gasteiger partial charge in [-0.25, -0.2) is 9.97 Å². The molecule has 1 aromatic carbocycles. The summed E-state index contributed by atoms with van der Waals surface area (Å²) in [6.07, 6.45) is 3.25. The van der Waals surface area contributed by atoms with Crippen molar-refractivity contribution in [1.29, 1.82) is 0 Å². The van der Waals surface area contributed by atoms with E-state index in [1.807, 2.05) is 37.5 Å². The summed E-state index contributed by atoms with van der Waals surface area (Å²) in [5.74, 6) is 0.743. The van der Waals surface area contributed by atoms with Gasteiger partial charge in [-0.3, -0.25) is 9.48 Å². The number of aldehydes is 1. The number of hydrogen-bond donors (Lipinski definition) is 1. The van der Waals surface area contributed by atoms with E-state index in [2.05, 4.69) is 15.1 Å². The zero-order valence-electron chi connectivity index (χ0n) is 13.5. The minimum Gasteiger partial charge on any atom is -0.486 e. The Morgan fingerprint density at radius 3 is 2.92 bits per heavy atom. The van der Waals surface area contributed by atoms with Crippen molar-refractivity contribution >= 4 is 23.8 Å². The molecule has 0 spiro atoms. The first-order valence-corrected chi connectivity index (χ1v) is 7.91. The number of nitrogens with zero attached hydrogens (tertiary/aromatic N) is 4. The number of benzene rings is 1. The van der Waals surface area contributed by atoms with E-state index in [4.69, 9.17) is 22.1 Å². The van der Waals surface area contributed by atoms with Crippen molar-refractivity contribution in [2.24, 2.45) is 7.05 Å². The van der Waals surface area contributed by atoms with Gasteiger partial charge >= 0.3 is 0 Å². The Morgan fingerprint density at radius 1 is 1.32 bits per heavy atom. The minimum absolute atomic E-state index is 0.0281. The SMILES string of the molecule is Cn1cc(Cc2cccc(OCC=O)c2)c(-c2cc(Cl)nc(N)n2)n1. The molecule has 128 valence electrons. The lowest BCUT2D eigenvalue weighted by molar-refractivity contribution is -0.109. The third-order valence-corrected chi connectivity index (χ3v) is 3.66. The summed E-state index contributed by atoms with van der Waals surface area (Å²) in [4.78, 5) is 18.5. The van der Waals surface area contributed by atoms with Crippen LogP contribution in [0.3, 0.4) is 0 Å². The molecule has 0 radical (unpaired) electrons. The number of hydrogen-bond acceptors (Lipinski definition) is 6. The van der Waals surface area contributed by atoms with Crippen LogP contribution in [0.25, 0.3) is 11.4 Å². The van der Waals surface area contributed by atoms with Crippen LogP contribution in [0.5, 0.6) is 5.75 Å². The minimum atomic E-state index is 0.0281. The molecule has 0 aliphatic rings. The molecular formula is C17H16ClN5O2. The molecule has 3 aromatic rings. The summed E-state index contributed by atoms with van der Waals surface area (Å²) in [6.45, 7) is 0.0281. The lowest BCUT2D eigenvalue weighted by Crippen LogP contribution is -2.00. The summed E-state index contributed by atoms with van der Waals surface area (Å²) in [5, 5.41) is 4.73. The number of rotatable bonds is 6. The Kier molecular flexibility index (Phi) is 4.95. The van der Waals surface area contributed by atoms with E-state index in [0.29, 0.717) is 23.6 Å². The second-order valence-corrected chi connectivity index (χ2v) is 5.80. The van der Waals surface area contributed by atoms with Gasteiger partial charge in [0.15, 0.2) is 6.29 Å². The van der Waals surface area contributed by atoms with Gasteiger partial charge in [-0.1, -0.05) is 23.7 Å². The van der Waals surface area contributed by atoms with Crippen LogP contribution in [0, 0.1) is 0 Å². The summed E-state index contributed by atoms with van der Waals surface area (Å²) in [6, 6.07) is 9.19. The fourth-order valence-electron chi connectivity index (χ4n) is 2.53. The number of nitrogen functional groups attached to an aromatic ring is 1.